The monoisotopic (exact) mass is 657 g/mol. The molecule has 5 heteroatoms. The van der Waals surface area contributed by atoms with Crippen LogP contribution >= 0.6 is 0 Å². The van der Waals surface area contributed by atoms with Crippen molar-refractivity contribution in [2.45, 2.75) is 200 Å². The number of unbranched alkanes of at least 4 members (excludes halogenated alkanes) is 18. The van der Waals surface area contributed by atoms with E-state index in [0.29, 0.717) is 13.0 Å². The molecule has 0 aliphatic carbocycles. The molecule has 0 heterocycles. The third-order valence-corrected chi connectivity index (χ3v) is 8.69. The minimum atomic E-state index is -0.820. The van der Waals surface area contributed by atoms with Gasteiger partial charge >= 0.3 is 12.0 Å². The van der Waals surface area contributed by atoms with Crippen LogP contribution in [-0.2, 0) is 4.79 Å². The van der Waals surface area contributed by atoms with Crippen LogP contribution in [-0.4, -0.2) is 29.7 Å². The maximum absolute atomic E-state index is 12.5. The molecule has 0 rings (SSSR count). The molecular formula is C42H76N2O3. The summed E-state index contributed by atoms with van der Waals surface area (Å²) in [5.74, 6) is -0.820. The first kappa shape index (κ1) is 44.7. The van der Waals surface area contributed by atoms with Gasteiger partial charge < -0.3 is 15.7 Å². The predicted octanol–water partition coefficient (Wildman–Crippen LogP) is 12.9. The van der Waals surface area contributed by atoms with E-state index in [4.69, 9.17) is 5.11 Å². The Hall–Kier alpha value is -2.30. The second-order valence-corrected chi connectivity index (χ2v) is 13.3. The quantitative estimate of drug-likeness (QED) is 0.0469. The minimum Gasteiger partial charge on any atom is -0.481 e. The molecule has 47 heavy (non-hydrogen) atoms. The summed E-state index contributed by atoms with van der Waals surface area (Å²) in [5.41, 5.74) is 0. The molecule has 0 radical (unpaired) electrons. The fraction of sp³-hybridized carbons (Fsp3) is 0.762. The lowest BCUT2D eigenvalue weighted by atomic mass is 10.00. The summed E-state index contributed by atoms with van der Waals surface area (Å²) in [4.78, 5) is 23.2. The average molecular weight is 657 g/mol. The Morgan fingerprint density at radius 1 is 0.511 bits per heavy atom. The molecule has 5 nitrogen and oxygen atoms in total. The van der Waals surface area contributed by atoms with E-state index < -0.39 is 5.97 Å². The van der Waals surface area contributed by atoms with Crippen molar-refractivity contribution in [1.82, 2.24) is 10.6 Å². The zero-order chi connectivity index (χ0) is 34.3. The summed E-state index contributed by atoms with van der Waals surface area (Å²) < 4.78 is 0. The molecule has 0 aliphatic heterocycles. The summed E-state index contributed by atoms with van der Waals surface area (Å²) in [6, 6.07) is 0.0478. The van der Waals surface area contributed by atoms with E-state index in [1.807, 2.05) is 0 Å². The lowest BCUT2D eigenvalue weighted by Crippen LogP contribution is -2.42. The zero-order valence-corrected chi connectivity index (χ0v) is 31.0. The van der Waals surface area contributed by atoms with Gasteiger partial charge in [-0.3, -0.25) is 4.79 Å². The Kier molecular flexibility index (Phi) is 36.3. The van der Waals surface area contributed by atoms with Crippen LogP contribution in [0, 0.1) is 0 Å². The third-order valence-electron chi connectivity index (χ3n) is 8.69. The molecule has 2 amide bonds. The van der Waals surface area contributed by atoms with Gasteiger partial charge in [-0.15, -0.1) is 0 Å². The molecule has 0 saturated carbocycles. The van der Waals surface area contributed by atoms with Gasteiger partial charge in [-0.1, -0.05) is 152 Å². The molecule has 0 spiro atoms. The van der Waals surface area contributed by atoms with Crippen LogP contribution in [0.3, 0.4) is 0 Å². The normalized spacial score (nSPS) is 12.1. The molecule has 0 aliphatic rings. The second-order valence-electron chi connectivity index (χ2n) is 13.3. The topological polar surface area (TPSA) is 78.4 Å². The van der Waals surface area contributed by atoms with Crippen molar-refractivity contribution in [1.29, 1.82) is 0 Å². The van der Waals surface area contributed by atoms with Gasteiger partial charge in [-0.25, -0.2) is 4.79 Å². The van der Waals surface area contributed by atoms with Crippen molar-refractivity contribution >= 4 is 12.0 Å². The van der Waals surface area contributed by atoms with E-state index >= 15 is 0 Å². The van der Waals surface area contributed by atoms with Crippen LogP contribution in [0.2, 0.25) is 0 Å². The molecule has 0 aromatic heterocycles. The average Bonchev–Trinajstić information content (AvgIpc) is 3.06. The highest BCUT2D eigenvalue weighted by atomic mass is 16.4. The lowest BCUT2D eigenvalue weighted by molar-refractivity contribution is -0.137. The summed E-state index contributed by atoms with van der Waals surface area (Å²) >= 11 is 0. The highest BCUT2D eigenvalue weighted by molar-refractivity contribution is 5.74. The highest BCUT2D eigenvalue weighted by Crippen LogP contribution is 2.15. The van der Waals surface area contributed by atoms with Crippen LogP contribution < -0.4 is 10.6 Å². The maximum atomic E-state index is 12.5. The Morgan fingerprint density at radius 2 is 0.894 bits per heavy atom. The summed E-state index contributed by atoms with van der Waals surface area (Å²) in [6.07, 6.45) is 51.0. The summed E-state index contributed by atoms with van der Waals surface area (Å²) in [6.45, 7) is 4.90. The Bertz CT molecular complexity index is 754. The molecule has 0 bridgehead atoms. The zero-order valence-electron chi connectivity index (χ0n) is 31.0. The standard InChI is InChI=1S/C42H76N2O3/c1-3-5-7-9-11-13-15-17-19-21-23-25-27-29-31-33-36-40(44-42(47)43-39-35-38-41(45)46)37-34-32-30-28-26-24-22-20-18-16-14-12-10-8-6-4-2/h11-14,17-20,40H,3-10,15-16,21-39H2,1-2H3,(H,45,46)(H2,43,44,47)/b13-11-,14-12-,19-17-,20-18-. The van der Waals surface area contributed by atoms with Gasteiger partial charge in [-0.05, 0) is 83.5 Å². The van der Waals surface area contributed by atoms with E-state index in [1.165, 1.54) is 128 Å². The molecular weight excluding hydrogens is 580 g/mol. The number of rotatable bonds is 35. The van der Waals surface area contributed by atoms with E-state index in [1.54, 1.807) is 0 Å². The fourth-order valence-corrected chi connectivity index (χ4v) is 5.72. The van der Waals surface area contributed by atoms with Gasteiger partial charge in [0.05, 0.1) is 0 Å². The van der Waals surface area contributed by atoms with Crippen LogP contribution in [0.1, 0.15) is 194 Å². The Labute approximate surface area is 291 Å². The van der Waals surface area contributed by atoms with Crippen molar-refractivity contribution in [3.8, 4) is 0 Å². The number of allylic oxidation sites excluding steroid dienone is 8. The van der Waals surface area contributed by atoms with Gasteiger partial charge in [-0.2, -0.15) is 0 Å². The smallest absolute Gasteiger partial charge is 0.315 e. The number of carboxylic acids is 1. The molecule has 3 N–H and O–H groups in total. The second kappa shape index (κ2) is 38.2. The van der Waals surface area contributed by atoms with Gasteiger partial charge in [0.2, 0.25) is 0 Å². The number of carbonyl (C=O) groups is 2. The molecule has 0 aromatic carbocycles. The van der Waals surface area contributed by atoms with Crippen molar-refractivity contribution in [3.05, 3.63) is 48.6 Å². The first-order valence-corrected chi connectivity index (χ1v) is 20.0. The first-order valence-electron chi connectivity index (χ1n) is 20.0. The Morgan fingerprint density at radius 3 is 1.30 bits per heavy atom. The molecule has 0 aromatic rings. The number of nitrogens with one attached hydrogen (secondary N) is 2. The van der Waals surface area contributed by atoms with Gasteiger partial charge in [0.15, 0.2) is 0 Å². The van der Waals surface area contributed by atoms with Gasteiger partial charge in [0, 0.05) is 19.0 Å². The SMILES string of the molecule is CCCCC/C=C\C/C=C\CCCCCCCCC(CCCCCCCC/C=C\C/C=C\CCCCC)NC(=O)NCCCC(=O)O. The van der Waals surface area contributed by atoms with E-state index in [0.717, 1.165) is 38.5 Å². The number of carboxylic acid groups (broad SMARTS) is 1. The summed E-state index contributed by atoms with van der Waals surface area (Å²) in [7, 11) is 0. The van der Waals surface area contributed by atoms with Crippen molar-refractivity contribution < 1.29 is 14.7 Å². The van der Waals surface area contributed by atoms with Crippen LogP contribution in [0.5, 0.6) is 0 Å². The van der Waals surface area contributed by atoms with Crippen molar-refractivity contribution in [2.24, 2.45) is 0 Å². The Balaban J connectivity index is 4.06. The number of amides is 2. The number of aliphatic carboxylic acids is 1. The number of urea groups is 1. The van der Waals surface area contributed by atoms with E-state index in [-0.39, 0.29) is 18.5 Å². The predicted molar refractivity (Wildman–Crippen MR) is 205 cm³/mol. The van der Waals surface area contributed by atoms with Gasteiger partial charge in [0.25, 0.3) is 0 Å². The lowest BCUT2D eigenvalue weighted by Gasteiger charge is -2.19. The van der Waals surface area contributed by atoms with Crippen LogP contribution in [0.25, 0.3) is 0 Å². The largest absolute Gasteiger partial charge is 0.481 e. The minimum absolute atomic E-state index is 0.0867. The molecule has 0 fully saturated rings. The van der Waals surface area contributed by atoms with Crippen molar-refractivity contribution in [2.75, 3.05) is 6.54 Å². The highest BCUT2D eigenvalue weighted by Gasteiger charge is 2.12. The van der Waals surface area contributed by atoms with Crippen LogP contribution in [0.15, 0.2) is 48.6 Å². The number of hydrogen-bond acceptors (Lipinski definition) is 2. The maximum Gasteiger partial charge on any atom is 0.315 e. The van der Waals surface area contributed by atoms with E-state index in [2.05, 4.69) is 73.1 Å². The van der Waals surface area contributed by atoms with E-state index in [9.17, 15) is 9.59 Å². The van der Waals surface area contributed by atoms with Crippen molar-refractivity contribution in [3.63, 3.8) is 0 Å². The number of hydrogen-bond donors (Lipinski definition) is 3. The van der Waals surface area contributed by atoms with Crippen LogP contribution in [0.4, 0.5) is 4.79 Å². The number of carbonyl (C=O) groups excluding carboxylic acids is 1. The molecule has 0 unspecified atom stereocenters. The van der Waals surface area contributed by atoms with Gasteiger partial charge in [0.1, 0.15) is 0 Å². The first-order chi connectivity index (χ1) is 23.1. The summed E-state index contributed by atoms with van der Waals surface area (Å²) in [5, 5.41) is 14.9. The molecule has 0 saturated heterocycles. The fourth-order valence-electron chi connectivity index (χ4n) is 5.72. The third kappa shape index (κ3) is 38.0. The molecule has 272 valence electrons. The molecule has 0 atom stereocenters.